The zero-order chi connectivity index (χ0) is 36.0. The molecule has 2 aliphatic heterocycles. The summed E-state index contributed by atoms with van der Waals surface area (Å²) in [6.07, 6.45) is 1.22. The maximum atomic E-state index is 14.4. The summed E-state index contributed by atoms with van der Waals surface area (Å²) in [7, 11) is -3.90. The molecule has 0 radical (unpaired) electrons. The van der Waals surface area contributed by atoms with Gasteiger partial charge >= 0.3 is 12.2 Å². The lowest BCUT2D eigenvalue weighted by atomic mass is 9.77. The monoisotopic (exact) mass is 708 g/mol. The van der Waals surface area contributed by atoms with E-state index in [1.54, 1.807) is 25.7 Å². The van der Waals surface area contributed by atoms with Gasteiger partial charge in [-0.05, 0) is 61.1 Å². The minimum atomic E-state index is -3.90. The number of carbonyl (C=O) groups excluding carboxylic acids is 5. The van der Waals surface area contributed by atoms with Crippen LogP contribution in [0.2, 0.25) is 0 Å². The number of nitrogens with zero attached hydrogens (tertiary/aromatic N) is 1. The number of sulfonamides is 1. The van der Waals surface area contributed by atoms with Gasteiger partial charge in [0.05, 0.1) is 30.4 Å². The van der Waals surface area contributed by atoms with E-state index in [4.69, 9.17) is 9.47 Å². The van der Waals surface area contributed by atoms with Crippen LogP contribution in [0.4, 0.5) is 9.59 Å². The quantitative estimate of drug-likeness (QED) is 0.296. The van der Waals surface area contributed by atoms with Crippen LogP contribution in [0.1, 0.15) is 82.4 Å². The average molecular weight is 709 g/mol. The van der Waals surface area contributed by atoms with Gasteiger partial charge in [0, 0.05) is 30.4 Å². The summed E-state index contributed by atoms with van der Waals surface area (Å²) in [5.41, 5.74) is 0.315. The third-order valence-corrected chi connectivity index (χ3v) is 12.1. The van der Waals surface area contributed by atoms with E-state index in [1.165, 1.54) is 6.08 Å². The molecule has 14 heteroatoms. The highest BCUT2D eigenvalue weighted by Crippen LogP contribution is 2.47. The number of ether oxygens (including phenoxy) is 2. The molecule has 3 fully saturated rings. The Morgan fingerprint density at radius 3 is 2.58 bits per heavy atom. The van der Waals surface area contributed by atoms with Gasteiger partial charge in [-0.25, -0.2) is 18.0 Å². The molecule has 3 aliphatic carbocycles. The fourth-order valence-corrected chi connectivity index (χ4v) is 8.54. The average Bonchev–Trinajstić information content (AvgIpc) is 3.94. The molecule has 268 valence electrons. The molecule has 0 aromatic heterocycles. The van der Waals surface area contributed by atoms with Crippen molar-refractivity contribution in [1.29, 1.82) is 0 Å². The molecule has 6 atom stereocenters. The first-order valence-electron chi connectivity index (χ1n) is 17.2. The predicted octanol–water partition coefficient (Wildman–Crippen LogP) is 3.06. The number of cyclic esters (lactones) is 1. The number of nitrogens with one attached hydrogen (secondary N) is 3. The summed E-state index contributed by atoms with van der Waals surface area (Å²) in [6, 6.07) is 4.63. The zero-order valence-corrected chi connectivity index (χ0v) is 29.4. The molecule has 2 heterocycles. The van der Waals surface area contributed by atoms with Gasteiger partial charge in [-0.2, -0.15) is 0 Å². The van der Waals surface area contributed by atoms with Gasteiger partial charge in [-0.3, -0.25) is 24.0 Å². The first-order chi connectivity index (χ1) is 23.6. The molecule has 6 rings (SSSR count). The second-order valence-electron chi connectivity index (χ2n) is 15.1. The summed E-state index contributed by atoms with van der Waals surface area (Å²) in [6.45, 7) is 9.77. The maximum absolute atomic E-state index is 14.4. The fourth-order valence-electron chi connectivity index (χ4n) is 7.18. The Bertz CT molecular complexity index is 1790. The Morgan fingerprint density at radius 2 is 1.90 bits per heavy atom. The molecule has 5 aliphatic rings. The molecule has 3 N–H and O–H groups in total. The van der Waals surface area contributed by atoms with Crippen molar-refractivity contribution < 1.29 is 41.9 Å². The number of benzene rings is 1. The highest BCUT2D eigenvalue weighted by Gasteiger charge is 2.62. The lowest BCUT2D eigenvalue weighted by Crippen LogP contribution is -2.55. The minimum Gasteiger partial charge on any atom is -0.450 e. The van der Waals surface area contributed by atoms with Crippen molar-refractivity contribution in [3.63, 3.8) is 0 Å². The van der Waals surface area contributed by atoms with Crippen LogP contribution in [0, 0.1) is 35.0 Å². The number of hydrogen-bond acceptors (Lipinski definition) is 9. The van der Waals surface area contributed by atoms with Gasteiger partial charge in [0.25, 0.3) is 5.91 Å². The van der Waals surface area contributed by atoms with Gasteiger partial charge in [-0.15, -0.1) is 6.58 Å². The van der Waals surface area contributed by atoms with Crippen LogP contribution in [0.25, 0.3) is 0 Å². The van der Waals surface area contributed by atoms with E-state index in [9.17, 15) is 32.4 Å². The highest BCUT2D eigenvalue weighted by molar-refractivity contribution is 7.91. The molecular formula is C36H44N4O9S. The van der Waals surface area contributed by atoms with Crippen LogP contribution >= 0.6 is 0 Å². The Hall–Kier alpha value is -4.38. The second kappa shape index (κ2) is 13.4. The first-order valence-corrected chi connectivity index (χ1v) is 18.7. The Kier molecular flexibility index (Phi) is 9.49. The SMILES string of the molecule is C=C[C@@H]1C[C@]1(NC(=O)[C@@H]1C[C@H]2CC1C(=O)[C@H](C(C)(C)C)NC(=O)OCCCC#Cc1cccc3c1CN(C3)C(=O)O2)C(=O)NS(=O)(=O)C1CC1. The van der Waals surface area contributed by atoms with E-state index >= 15 is 0 Å². The van der Waals surface area contributed by atoms with Crippen LogP contribution in [0.5, 0.6) is 0 Å². The van der Waals surface area contributed by atoms with Crippen LogP contribution in [-0.4, -0.2) is 72.6 Å². The number of amides is 4. The number of Topliss-reactive ketones (excluding diaryl/α,β-unsaturated/α-hetero) is 1. The first kappa shape index (κ1) is 35.4. The smallest absolute Gasteiger partial charge is 0.410 e. The molecule has 1 aromatic rings. The maximum Gasteiger partial charge on any atom is 0.410 e. The molecule has 0 spiro atoms. The van der Waals surface area contributed by atoms with Crippen LogP contribution in [0.15, 0.2) is 30.9 Å². The van der Waals surface area contributed by atoms with Crippen molar-refractivity contribution in [1.82, 2.24) is 20.3 Å². The predicted molar refractivity (Wildman–Crippen MR) is 180 cm³/mol. The van der Waals surface area contributed by atoms with E-state index in [2.05, 4.69) is 33.8 Å². The largest absolute Gasteiger partial charge is 0.450 e. The molecule has 50 heavy (non-hydrogen) atoms. The molecule has 13 nitrogen and oxygen atoms in total. The van der Waals surface area contributed by atoms with Crippen LogP contribution in [0.3, 0.4) is 0 Å². The van der Waals surface area contributed by atoms with Crippen molar-refractivity contribution in [2.75, 3.05) is 6.61 Å². The number of fused-ring (bicyclic) bond motifs is 3. The summed E-state index contributed by atoms with van der Waals surface area (Å²) < 4.78 is 38.7. The third-order valence-electron chi connectivity index (χ3n) is 10.3. The summed E-state index contributed by atoms with van der Waals surface area (Å²) in [5, 5.41) is 4.82. The molecule has 4 amide bonds. The standard InChI is InChI=1S/C36H44N4O9S/c1-5-23-18-36(23,32(43)39-50(46,47)25-13-14-25)38-31(42)27-17-24-16-26(27)29(41)30(35(2,3)4)37-33(44)48-15-8-6-7-10-21-11-9-12-22-19-40(20-28(21)22)34(45)49-24/h5,9,11-12,23-27,30H,1,6,8,13-20H2,2-4H3,(H,37,44)(H,38,42)(H,39,43)/t23-,24-,26?,27-,30-,36-/m1/s1. The molecule has 4 bridgehead atoms. The number of ketones is 1. The fraction of sp³-hybridized carbons (Fsp3) is 0.583. The lowest BCUT2D eigenvalue weighted by molar-refractivity contribution is -0.137. The lowest BCUT2D eigenvalue weighted by Gasteiger charge is -2.33. The highest BCUT2D eigenvalue weighted by atomic mass is 32.2. The van der Waals surface area contributed by atoms with E-state index < -0.39 is 85.9 Å². The van der Waals surface area contributed by atoms with Gasteiger partial charge in [0.1, 0.15) is 11.6 Å². The van der Waals surface area contributed by atoms with E-state index in [1.807, 2.05) is 18.2 Å². The van der Waals surface area contributed by atoms with E-state index in [0.29, 0.717) is 32.2 Å². The van der Waals surface area contributed by atoms with Crippen molar-refractivity contribution >= 4 is 39.8 Å². The van der Waals surface area contributed by atoms with Crippen molar-refractivity contribution in [2.45, 2.75) is 102 Å². The molecule has 3 saturated carbocycles. The van der Waals surface area contributed by atoms with Crippen LogP contribution in [-0.2, 0) is 47.0 Å². The van der Waals surface area contributed by atoms with E-state index in [-0.39, 0.29) is 32.4 Å². The summed E-state index contributed by atoms with van der Waals surface area (Å²) >= 11 is 0. The van der Waals surface area contributed by atoms with Gasteiger partial charge in [0.15, 0.2) is 5.78 Å². The van der Waals surface area contributed by atoms with Crippen LogP contribution < -0.4 is 15.4 Å². The molecule has 0 saturated heterocycles. The van der Waals surface area contributed by atoms with Gasteiger partial charge < -0.3 is 20.1 Å². The van der Waals surface area contributed by atoms with E-state index in [0.717, 1.165) is 16.7 Å². The zero-order valence-electron chi connectivity index (χ0n) is 28.6. The van der Waals surface area contributed by atoms with Crippen molar-refractivity contribution in [2.24, 2.45) is 23.2 Å². The minimum absolute atomic E-state index is 0.00360. The summed E-state index contributed by atoms with van der Waals surface area (Å²) in [4.78, 5) is 69.9. The number of hydrogen-bond donors (Lipinski definition) is 3. The molecule has 1 aromatic carbocycles. The molecule has 1 unspecified atom stereocenters. The topological polar surface area (TPSA) is 177 Å². The number of rotatable bonds is 6. The van der Waals surface area contributed by atoms with Gasteiger partial charge in [0.2, 0.25) is 15.9 Å². The van der Waals surface area contributed by atoms with Crippen molar-refractivity contribution in [3.8, 4) is 11.8 Å². The number of carbonyl (C=O) groups is 5. The molecular weight excluding hydrogens is 664 g/mol. The second-order valence-corrected chi connectivity index (χ2v) is 17.0. The number of alkyl carbamates (subject to hydrolysis) is 1. The van der Waals surface area contributed by atoms with Gasteiger partial charge in [-0.1, -0.05) is 50.8 Å². The third kappa shape index (κ3) is 7.24. The Morgan fingerprint density at radius 1 is 1.14 bits per heavy atom. The normalized spacial score (nSPS) is 29.9. The Balaban J connectivity index is 1.28. The van der Waals surface area contributed by atoms with Crippen molar-refractivity contribution in [3.05, 3.63) is 47.5 Å². The summed E-state index contributed by atoms with van der Waals surface area (Å²) in [5.74, 6) is 1.74. The Labute approximate surface area is 292 Å².